The largest absolute Gasteiger partial charge is 0.496 e. The van der Waals surface area contributed by atoms with E-state index in [0.29, 0.717) is 6.54 Å². The summed E-state index contributed by atoms with van der Waals surface area (Å²) in [6.45, 7) is 17.4. The van der Waals surface area contributed by atoms with Gasteiger partial charge in [-0.2, -0.15) is 5.26 Å². The Balaban J connectivity index is 1.15. The summed E-state index contributed by atoms with van der Waals surface area (Å²) in [5.74, 6) is 0.710. The first-order valence-corrected chi connectivity index (χ1v) is 17.6. The van der Waals surface area contributed by atoms with Crippen molar-refractivity contribution in [2.75, 3.05) is 33.3 Å². The van der Waals surface area contributed by atoms with Gasteiger partial charge in [0.1, 0.15) is 17.4 Å². The van der Waals surface area contributed by atoms with Crippen LogP contribution >= 0.6 is 0 Å². The number of benzene rings is 2. The first kappa shape index (κ1) is 34.7. The molecular formula is C41H51N5O3. The lowest BCUT2D eigenvalue weighted by Crippen LogP contribution is -2.54. The number of nitriles is 1. The van der Waals surface area contributed by atoms with Crippen molar-refractivity contribution in [3.05, 3.63) is 98.0 Å². The quantitative estimate of drug-likeness (QED) is 0.213. The van der Waals surface area contributed by atoms with Gasteiger partial charge in [0.15, 0.2) is 0 Å². The fourth-order valence-corrected chi connectivity index (χ4v) is 7.95. The van der Waals surface area contributed by atoms with E-state index in [0.717, 1.165) is 67.1 Å². The van der Waals surface area contributed by atoms with E-state index >= 15 is 0 Å². The predicted octanol–water partition coefficient (Wildman–Crippen LogP) is 6.47. The van der Waals surface area contributed by atoms with Gasteiger partial charge in [-0.3, -0.25) is 19.4 Å². The van der Waals surface area contributed by atoms with Crippen LogP contribution in [0.1, 0.15) is 80.0 Å². The van der Waals surface area contributed by atoms with Crippen molar-refractivity contribution in [1.29, 1.82) is 5.26 Å². The highest BCUT2D eigenvalue weighted by Gasteiger charge is 2.51. The number of hydrogen-bond acceptors (Lipinski definition) is 6. The van der Waals surface area contributed by atoms with Crippen molar-refractivity contribution in [2.24, 2.45) is 12.5 Å². The molecule has 6 rings (SSSR count). The summed E-state index contributed by atoms with van der Waals surface area (Å²) < 4.78 is 7.58. The second-order valence-corrected chi connectivity index (χ2v) is 15.5. The van der Waals surface area contributed by atoms with Gasteiger partial charge in [-0.25, -0.2) is 0 Å². The maximum Gasteiger partial charge on any atom is 0.264 e. The van der Waals surface area contributed by atoms with Crippen LogP contribution in [-0.2, 0) is 31.4 Å². The summed E-state index contributed by atoms with van der Waals surface area (Å²) in [5, 5.41) is 9.78. The zero-order valence-corrected chi connectivity index (χ0v) is 30.5. The highest BCUT2D eigenvalue weighted by Crippen LogP contribution is 2.46. The highest BCUT2D eigenvalue weighted by molar-refractivity contribution is 5.97. The molecule has 8 nitrogen and oxygen atoms in total. The molecule has 1 saturated carbocycles. The minimum Gasteiger partial charge on any atom is -0.496 e. The Morgan fingerprint density at radius 2 is 1.82 bits per heavy atom. The van der Waals surface area contributed by atoms with Crippen molar-refractivity contribution < 1.29 is 9.53 Å². The first-order valence-electron chi connectivity index (χ1n) is 17.6. The molecule has 1 atom stereocenters. The molecule has 1 saturated heterocycles. The van der Waals surface area contributed by atoms with E-state index in [1.165, 1.54) is 35.1 Å². The number of amides is 1. The molecule has 1 aromatic heterocycles. The van der Waals surface area contributed by atoms with Crippen LogP contribution in [0.25, 0.3) is 11.1 Å². The monoisotopic (exact) mass is 661 g/mol. The SMILES string of the molecule is COc1cc(-c2cn(C)c(=O)c(C)c2C)ccc1CN1CCN(Cc2cccc3c2CCN(C(=O)/C(C#N)=C/C(C)(C)C)C3C)C2(CC2)C1. The van der Waals surface area contributed by atoms with Crippen LogP contribution in [0.4, 0.5) is 0 Å². The van der Waals surface area contributed by atoms with E-state index in [4.69, 9.17) is 4.74 Å². The molecule has 258 valence electrons. The van der Waals surface area contributed by atoms with E-state index in [-0.39, 0.29) is 34.0 Å². The van der Waals surface area contributed by atoms with Gasteiger partial charge in [-0.05, 0) is 79.3 Å². The Morgan fingerprint density at radius 1 is 1.06 bits per heavy atom. The Morgan fingerprint density at radius 3 is 2.49 bits per heavy atom. The van der Waals surface area contributed by atoms with E-state index in [9.17, 15) is 14.9 Å². The fourth-order valence-electron chi connectivity index (χ4n) is 7.95. The predicted molar refractivity (Wildman–Crippen MR) is 194 cm³/mol. The van der Waals surface area contributed by atoms with Gasteiger partial charge in [-0.1, -0.05) is 57.2 Å². The molecule has 3 aromatic rings. The summed E-state index contributed by atoms with van der Waals surface area (Å²) >= 11 is 0. The van der Waals surface area contributed by atoms with Gasteiger partial charge in [0.05, 0.1) is 13.2 Å². The first-order chi connectivity index (χ1) is 23.2. The average molecular weight is 662 g/mol. The molecule has 0 bridgehead atoms. The normalized spacial score (nSPS) is 19.4. The molecule has 1 aliphatic carbocycles. The molecule has 2 fully saturated rings. The van der Waals surface area contributed by atoms with Crippen LogP contribution in [0.3, 0.4) is 0 Å². The van der Waals surface area contributed by atoms with Crippen molar-refractivity contribution in [3.63, 3.8) is 0 Å². The smallest absolute Gasteiger partial charge is 0.264 e. The Bertz CT molecular complexity index is 1910. The molecule has 3 heterocycles. The van der Waals surface area contributed by atoms with Gasteiger partial charge in [0.2, 0.25) is 0 Å². The number of carbonyl (C=O) groups is 1. The van der Waals surface area contributed by atoms with Crippen LogP contribution in [0.2, 0.25) is 0 Å². The number of carbonyl (C=O) groups excluding carboxylic acids is 1. The lowest BCUT2D eigenvalue weighted by molar-refractivity contribution is -0.129. The molecule has 1 unspecified atom stereocenters. The van der Waals surface area contributed by atoms with Crippen LogP contribution in [0, 0.1) is 30.6 Å². The highest BCUT2D eigenvalue weighted by atomic mass is 16.5. The number of methoxy groups -OCH3 is 1. The third-order valence-electron chi connectivity index (χ3n) is 11.0. The Labute approximate surface area is 291 Å². The zero-order valence-electron chi connectivity index (χ0n) is 30.5. The van der Waals surface area contributed by atoms with E-state index in [2.05, 4.69) is 59.2 Å². The Kier molecular flexibility index (Phi) is 9.38. The number of allylic oxidation sites excluding steroid dienone is 1. The second-order valence-electron chi connectivity index (χ2n) is 15.5. The van der Waals surface area contributed by atoms with E-state index in [1.807, 2.05) is 45.7 Å². The number of hydrogen-bond donors (Lipinski definition) is 0. The molecule has 49 heavy (non-hydrogen) atoms. The van der Waals surface area contributed by atoms with Crippen LogP contribution < -0.4 is 10.3 Å². The van der Waals surface area contributed by atoms with Gasteiger partial charge < -0.3 is 14.2 Å². The van der Waals surface area contributed by atoms with Gasteiger partial charge in [-0.15, -0.1) is 0 Å². The molecule has 0 N–H and O–H groups in total. The number of fused-ring (bicyclic) bond motifs is 1. The maximum absolute atomic E-state index is 13.5. The van der Waals surface area contributed by atoms with E-state index < -0.39 is 0 Å². The standard InChI is InChI=1S/C41H51N5O3/c1-27-28(2)38(47)43(7)25-36(27)30-12-13-32(37(20-30)49-8)23-44-18-19-45(41(26-44)15-16-41)24-31-10-9-11-34-29(3)46(17-14-35(31)34)39(48)33(22-42)21-40(4,5)6/h9-13,20-21,25,29H,14-19,23-24,26H2,1-8H3/b33-21+. The number of aryl methyl sites for hydroxylation is 1. The number of aromatic nitrogens is 1. The molecule has 1 amide bonds. The minimum absolute atomic E-state index is 0.0395. The van der Waals surface area contributed by atoms with Gasteiger partial charge in [0.25, 0.3) is 11.5 Å². The molecule has 8 heteroatoms. The summed E-state index contributed by atoms with van der Waals surface area (Å²) in [6, 6.07) is 15.1. The van der Waals surface area contributed by atoms with Crippen molar-refractivity contribution in [1.82, 2.24) is 19.3 Å². The van der Waals surface area contributed by atoms with Gasteiger partial charge in [0, 0.05) is 74.7 Å². The number of ether oxygens (including phenoxy) is 1. The summed E-state index contributed by atoms with van der Waals surface area (Å²) in [4.78, 5) is 33.0. The molecule has 0 radical (unpaired) electrons. The number of piperazine rings is 1. The second kappa shape index (κ2) is 13.3. The fraction of sp³-hybridized carbons (Fsp3) is 0.488. The lowest BCUT2D eigenvalue weighted by Gasteiger charge is -2.43. The number of pyridine rings is 1. The topological polar surface area (TPSA) is 81.8 Å². The van der Waals surface area contributed by atoms with Crippen molar-refractivity contribution in [3.8, 4) is 22.9 Å². The summed E-state index contributed by atoms with van der Waals surface area (Å²) in [7, 11) is 3.54. The average Bonchev–Trinajstić information content (AvgIpc) is 3.84. The Hall–Kier alpha value is -4.19. The molecule has 1 spiro atoms. The zero-order chi connectivity index (χ0) is 35.2. The van der Waals surface area contributed by atoms with Crippen LogP contribution in [0.15, 0.2) is 59.0 Å². The number of nitrogens with zero attached hydrogens (tertiary/aromatic N) is 5. The van der Waals surface area contributed by atoms with Crippen molar-refractivity contribution in [2.45, 2.75) is 85.5 Å². The molecule has 2 aromatic carbocycles. The van der Waals surface area contributed by atoms with Crippen molar-refractivity contribution >= 4 is 5.91 Å². The summed E-state index contributed by atoms with van der Waals surface area (Å²) in [6.07, 6.45) is 6.93. The molecular weight excluding hydrogens is 610 g/mol. The van der Waals surface area contributed by atoms with Crippen LogP contribution in [0.5, 0.6) is 5.75 Å². The number of rotatable bonds is 7. The third-order valence-corrected chi connectivity index (χ3v) is 11.0. The van der Waals surface area contributed by atoms with Crippen LogP contribution in [-0.4, -0.2) is 64.0 Å². The van der Waals surface area contributed by atoms with Gasteiger partial charge >= 0.3 is 0 Å². The minimum atomic E-state index is -0.242. The molecule has 3 aliphatic rings. The summed E-state index contributed by atoms with van der Waals surface area (Å²) in [5.41, 5.74) is 9.22. The maximum atomic E-state index is 13.5. The molecule has 2 aliphatic heterocycles. The van der Waals surface area contributed by atoms with E-state index in [1.54, 1.807) is 24.8 Å². The lowest BCUT2D eigenvalue weighted by atomic mass is 9.88. The third kappa shape index (κ3) is 6.84.